The molecule has 6 heteroatoms. The molecule has 6 nitrogen and oxygen atoms in total. The lowest BCUT2D eigenvalue weighted by Gasteiger charge is -2.64. The summed E-state index contributed by atoms with van der Waals surface area (Å²) in [4.78, 5) is 2.59. The van der Waals surface area contributed by atoms with Gasteiger partial charge in [0.05, 0.1) is 22.7 Å². The van der Waals surface area contributed by atoms with E-state index in [9.17, 15) is 10.2 Å². The maximum Gasteiger partial charge on any atom is 0.165 e. The molecular formula is C27H31N3O3. The number of para-hydroxylation sites is 1. The molecule has 3 heterocycles. The van der Waals surface area contributed by atoms with Crippen molar-refractivity contribution < 1.29 is 14.9 Å². The van der Waals surface area contributed by atoms with Crippen molar-refractivity contribution in [2.24, 2.45) is 5.92 Å². The fraction of sp³-hybridized carbons (Fsp3) is 0.556. The van der Waals surface area contributed by atoms with E-state index in [4.69, 9.17) is 4.74 Å². The van der Waals surface area contributed by atoms with Gasteiger partial charge in [-0.3, -0.25) is 4.90 Å². The highest BCUT2D eigenvalue weighted by molar-refractivity contribution is 5.64. The first-order valence-corrected chi connectivity index (χ1v) is 12.7. The van der Waals surface area contributed by atoms with Crippen LogP contribution >= 0.6 is 0 Å². The molecule has 3 aliphatic heterocycles. The predicted molar refractivity (Wildman–Crippen MR) is 124 cm³/mol. The SMILES string of the molecule is Oc1ccc2c3c1O[C@H]1[C@H](N4NCc5ccccc54)CC[C@@]4(O)[C@@H](C2)N(CC2CC2)CC[C@]314. The molecule has 3 N–H and O–H groups in total. The van der Waals surface area contributed by atoms with E-state index in [0.717, 1.165) is 56.8 Å². The number of hydrazine groups is 1. The molecule has 2 bridgehead atoms. The van der Waals surface area contributed by atoms with Crippen LogP contribution < -0.4 is 15.2 Å². The zero-order valence-electron chi connectivity index (χ0n) is 18.8. The molecule has 2 aromatic carbocycles. The molecule has 5 atom stereocenters. The fourth-order valence-corrected chi connectivity index (χ4v) is 8.17. The van der Waals surface area contributed by atoms with Crippen LogP contribution in [0.15, 0.2) is 36.4 Å². The molecule has 2 saturated carbocycles. The number of rotatable bonds is 3. The summed E-state index contributed by atoms with van der Waals surface area (Å²) in [6.07, 6.45) is 5.82. The summed E-state index contributed by atoms with van der Waals surface area (Å²) in [6.45, 7) is 2.92. The number of nitrogens with zero attached hydrogens (tertiary/aromatic N) is 2. The Balaban J connectivity index is 1.28. The smallest absolute Gasteiger partial charge is 0.165 e. The molecule has 0 aromatic heterocycles. The van der Waals surface area contributed by atoms with Crippen molar-refractivity contribution in [1.29, 1.82) is 0 Å². The predicted octanol–water partition coefficient (Wildman–Crippen LogP) is 2.85. The van der Waals surface area contributed by atoms with E-state index < -0.39 is 11.0 Å². The van der Waals surface area contributed by atoms with Crippen molar-refractivity contribution in [3.63, 3.8) is 0 Å². The summed E-state index contributed by atoms with van der Waals surface area (Å²) < 4.78 is 6.73. The highest BCUT2D eigenvalue weighted by atomic mass is 16.5. The molecule has 3 fully saturated rings. The summed E-state index contributed by atoms with van der Waals surface area (Å²) in [5.41, 5.74) is 7.20. The second-order valence-electron chi connectivity index (χ2n) is 11.2. The lowest BCUT2D eigenvalue weighted by atomic mass is 9.48. The van der Waals surface area contributed by atoms with Crippen LogP contribution in [-0.2, 0) is 18.4 Å². The first-order valence-electron chi connectivity index (χ1n) is 12.7. The third-order valence-corrected chi connectivity index (χ3v) is 9.75. The Morgan fingerprint density at radius 1 is 1.06 bits per heavy atom. The zero-order valence-corrected chi connectivity index (χ0v) is 18.8. The summed E-state index contributed by atoms with van der Waals surface area (Å²) in [6, 6.07) is 12.7. The molecule has 6 aliphatic rings. The number of fused-ring (bicyclic) bond motifs is 1. The number of hydrogen-bond acceptors (Lipinski definition) is 6. The largest absolute Gasteiger partial charge is 0.504 e. The van der Waals surface area contributed by atoms with Crippen LogP contribution in [0, 0.1) is 5.92 Å². The van der Waals surface area contributed by atoms with Crippen LogP contribution in [0.5, 0.6) is 11.5 Å². The van der Waals surface area contributed by atoms with Crippen LogP contribution in [0.4, 0.5) is 5.69 Å². The van der Waals surface area contributed by atoms with Crippen molar-refractivity contribution in [2.75, 3.05) is 18.1 Å². The Hall–Kier alpha value is -2.28. The number of piperidine rings is 1. The zero-order chi connectivity index (χ0) is 21.9. The normalized spacial score (nSPS) is 38.1. The number of benzene rings is 2. The number of aromatic hydroxyl groups is 1. The van der Waals surface area contributed by atoms with Gasteiger partial charge in [-0.15, -0.1) is 0 Å². The Morgan fingerprint density at radius 3 is 2.82 bits per heavy atom. The Labute approximate surface area is 194 Å². The van der Waals surface area contributed by atoms with Gasteiger partial charge >= 0.3 is 0 Å². The van der Waals surface area contributed by atoms with Crippen LogP contribution in [0.2, 0.25) is 0 Å². The monoisotopic (exact) mass is 445 g/mol. The van der Waals surface area contributed by atoms with Gasteiger partial charge in [-0.2, -0.15) is 0 Å². The minimum atomic E-state index is -0.827. The summed E-state index contributed by atoms with van der Waals surface area (Å²) >= 11 is 0. The van der Waals surface area contributed by atoms with Crippen LogP contribution in [0.25, 0.3) is 0 Å². The number of likely N-dealkylation sites (tertiary alicyclic amines) is 1. The number of phenolic OH excluding ortho intramolecular Hbond substituents is 1. The maximum absolute atomic E-state index is 12.6. The topological polar surface area (TPSA) is 68.2 Å². The number of anilines is 1. The quantitative estimate of drug-likeness (QED) is 0.675. The Kier molecular flexibility index (Phi) is 3.60. The van der Waals surface area contributed by atoms with E-state index in [0.29, 0.717) is 5.75 Å². The van der Waals surface area contributed by atoms with Crippen molar-refractivity contribution in [1.82, 2.24) is 10.3 Å². The molecule has 1 saturated heterocycles. The highest BCUT2D eigenvalue weighted by Crippen LogP contribution is 2.66. The van der Waals surface area contributed by atoms with Crippen molar-refractivity contribution in [3.05, 3.63) is 53.1 Å². The molecule has 2 aromatic rings. The van der Waals surface area contributed by atoms with E-state index in [2.05, 4.69) is 45.7 Å². The molecule has 0 amide bonds. The summed E-state index contributed by atoms with van der Waals surface area (Å²) in [7, 11) is 0. The second-order valence-corrected chi connectivity index (χ2v) is 11.2. The number of hydrogen-bond donors (Lipinski definition) is 3. The van der Waals surface area contributed by atoms with Gasteiger partial charge in [-0.1, -0.05) is 24.3 Å². The molecule has 1 spiro atoms. The molecule has 8 rings (SSSR count). The third-order valence-electron chi connectivity index (χ3n) is 9.75. The molecule has 3 aliphatic carbocycles. The summed E-state index contributed by atoms with van der Waals surface area (Å²) in [5.74, 6) is 1.65. The van der Waals surface area contributed by atoms with Gasteiger partial charge in [-0.05, 0) is 74.2 Å². The van der Waals surface area contributed by atoms with Crippen LogP contribution in [0.1, 0.15) is 48.8 Å². The van der Waals surface area contributed by atoms with Crippen molar-refractivity contribution >= 4 is 5.69 Å². The molecule has 0 radical (unpaired) electrons. The lowest BCUT2D eigenvalue weighted by Crippen LogP contribution is -2.78. The van der Waals surface area contributed by atoms with Gasteiger partial charge in [0.2, 0.25) is 0 Å². The average Bonchev–Trinajstić information content (AvgIpc) is 3.41. The van der Waals surface area contributed by atoms with Gasteiger partial charge in [0.25, 0.3) is 0 Å². The summed E-state index contributed by atoms with van der Waals surface area (Å²) in [5, 5.41) is 25.8. The molecular weight excluding hydrogens is 414 g/mol. The van der Waals surface area contributed by atoms with E-state index >= 15 is 0 Å². The number of ether oxygens (including phenoxy) is 1. The molecule has 0 unspecified atom stereocenters. The highest BCUT2D eigenvalue weighted by Gasteiger charge is 2.73. The average molecular weight is 446 g/mol. The van der Waals surface area contributed by atoms with Gasteiger partial charge in [0.1, 0.15) is 6.10 Å². The second kappa shape index (κ2) is 6.23. The first-order chi connectivity index (χ1) is 16.1. The first kappa shape index (κ1) is 19.1. The standard InChI is InChI=1S/C27H31N3O3/c31-21-8-7-17-13-22-27(32)10-9-20(30-19-4-2-1-3-18(19)14-28-30)25-26(27,23(17)24(21)33-25)11-12-29(22)15-16-5-6-16/h1-4,7-8,16,20,22,25,28,31-32H,5-6,9-15H2/t20-,22-,25+,26+,27-/m1/s1. The molecule has 33 heavy (non-hydrogen) atoms. The fourth-order valence-electron chi connectivity index (χ4n) is 8.17. The minimum absolute atomic E-state index is 0.0994. The van der Waals surface area contributed by atoms with E-state index in [-0.39, 0.29) is 23.9 Å². The molecule has 172 valence electrons. The van der Waals surface area contributed by atoms with Gasteiger partial charge < -0.3 is 20.0 Å². The van der Waals surface area contributed by atoms with Crippen molar-refractivity contribution in [3.8, 4) is 11.5 Å². The minimum Gasteiger partial charge on any atom is -0.504 e. The number of nitrogens with one attached hydrogen (secondary N) is 1. The van der Waals surface area contributed by atoms with E-state index in [1.165, 1.54) is 29.7 Å². The van der Waals surface area contributed by atoms with Crippen molar-refractivity contribution in [2.45, 2.75) is 74.3 Å². The van der Waals surface area contributed by atoms with E-state index in [1.807, 2.05) is 0 Å². The van der Waals surface area contributed by atoms with Gasteiger partial charge in [0.15, 0.2) is 11.5 Å². The Bertz CT molecular complexity index is 1170. The number of phenols is 1. The third kappa shape index (κ3) is 2.25. The number of aliphatic hydroxyl groups is 1. The van der Waals surface area contributed by atoms with Gasteiger partial charge in [0, 0.05) is 24.7 Å². The van der Waals surface area contributed by atoms with Gasteiger partial charge in [-0.25, -0.2) is 5.43 Å². The van der Waals surface area contributed by atoms with E-state index in [1.54, 1.807) is 6.07 Å². The van der Waals surface area contributed by atoms with Crippen LogP contribution in [0.3, 0.4) is 0 Å². The Morgan fingerprint density at radius 2 is 1.94 bits per heavy atom. The maximum atomic E-state index is 12.6. The van der Waals surface area contributed by atoms with Crippen LogP contribution in [-0.4, -0.2) is 52.0 Å². The lowest BCUT2D eigenvalue weighted by molar-refractivity contribution is -0.190.